The second kappa shape index (κ2) is 8.46. The third kappa shape index (κ3) is 4.19. The molecule has 1 amide bonds. The Bertz CT molecular complexity index is 884. The Morgan fingerprint density at radius 3 is 2.85 bits per heavy atom. The maximum atomic E-state index is 12.8. The first-order valence-corrected chi connectivity index (χ1v) is 8.23. The SMILES string of the molecule is COCCOc1ccccc1C(=O)Nc1cc(Cl)ccc1-n1cncn1. The van der Waals surface area contributed by atoms with Gasteiger partial charge in [-0.3, -0.25) is 4.79 Å². The lowest BCUT2D eigenvalue weighted by molar-refractivity contribution is 0.101. The number of methoxy groups -OCH3 is 1. The summed E-state index contributed by atoms with van der Waals surface area (Å²) in [5.74, 6) is 0.160. The van der Waals surface area contributed by atoms with Gasteiger partial charge in [-0.2, -0.15) is 5.10 Å². The summed E-state index contributed by atoms with van der Waals surface area (Å²) < 4.78 is 12.1. The van der Waals surface area contributed by atoms with Crippen LogP contribution < -0.4 is 10.1 Å². The number of nitrogens with zero attached hydrogens (tertiary/aromatic N) is 3. The molecule has 0 bridgehead atoms. The summed E-state index contributed by atoms with van der Waals surface area (Å²) in [6, 6.07) is 12.1. The molecule has 7 nitrogen and oxygen atoms in total. The van der Waals surface area contributed by atoms with Gasteiger partial charge in [-0.05, 0) is 30.3 Å². The first-order valence-electron chi connectivity index (χ1n) is 7.85. The average molecular weight is 373 g/mol. The first-order chi connectivity index (χ1) is 12.7. The van der Waals surface area contributed by atoms with Crippen molar-refractivity contribution in [3.05, 3.63) is 65.7 Å². The molecule has 0 spiro atoms. The number of carbonyl (C=O) groups is 1. The summed E-state index contributed by atoms with van der Waals surface area (Å²) in [6.07, 6.45) is 2.96. The highest BCUT2D eigenvalue weighted by atomic mass is 35.5. The number of rotatable bonds is 7. The molecule has 26 heavy (non-hydrogen) atoms. The Hall–Kier alpha value is -2.90. The van der Waals surface area contributed by atoms with Crippen LogP contribution in [-0.4, -0.2) is 41.0 Å². The highest BCUT2D eigenvalue weighted by Crippen LogP contribution is 2.26. The molecule has 0 unspecified atom stereocenters. The summed E-state index contributed by atoms with van der Waals surface area (Å²) >= 11 is 6.09. The topological polar surface area (TPSA) is 78.3 Å². The van der Waals surface area contributed by atoms with Crippen molar-refractivity contribution in [2.75, 3.05) is 25.6 Å². The van der Waals surface area contributed by atoms with Gasteiger partial charge in [-0.1, -0.05) is 23.7 Å². The molecular weight excluding hydrogens is 356 g/mol. The molecule has 3 aromatic rings. The van der Waals surface area contributed by atoms with Crippen molar-refractivity contribution >= 4 is 23.2 Å². The summed E-state index contributed by atoms with van der Waals surface area (Å²) in [5, 5.41) is 7.45. The van der Waals surface area contributed by atoms with E-state index in [-0.39, 0.29) is 5.91 Å². The number of ether oxygens (including phenoxy) is 2. The summed E-state index contributed by atoms with van der Waals surface area (Å²) in [7, 11) is 1.59. The van der Waals surface area contributed by atoms with Gasteiger partial charge < -0.3 is 14.8 Å². The van der Waals surface area contributed by atoms with Gasteiger partial charge in [-0.15, -0.1) is 0 Å². The van der Waals surface area contributed by atoms with E-state index in [2.05, 4.69) is 15.4 Å². The molecule has 2 aromatic carbocycles. The molecule has 134 valence electrons. The van der Waals surface area contributed by atoms with Crippen LogP contribution in [0.25, 0.3) is 5.69 Å². The zero-order chi connectivity index (χ0) is 18.4. The Labute approximate surface area is 155 Å². The molecule has 0 fully saturated rings. The van der Waals surface area contributed by atoms with Crippen LogP contribution in [0.5, 0.6) is 5.75 Å². The minimum Gasteiger partial charge on any atom is -0.490 e. The van der Waals surface area contributed by atoms with Crippen LogP contribution in [0.15, 0.2) is 55.1 Å². The quantitative estimate of drug-likeness (QED) is 0.644. The van der Waals surface area contributed by atoms with E-state index >= 15 is 0 Å². The largest absolute Gasteiger partial charge is 0.490 e. The second-order valence-electron chi connectivity index (χ2n) is 5.29. The third-order valence-corrected chi connectivity index (χ3v) is 3.78. The maximum absolute atomic E-state index is 12.8. The van der Waals surface area contributed by atoms with Crippen molar-refractivity contribution in [1.29, 1.82) is 0 Å². The van der Waals surface area contributed by atoms with E-state index in [1.165, 1.54) is 6.33 Å². The Morgan fingerprint density at radius 1 is 1.23 bits per heavy atom. The van der Waals surface area contributed by atoms with Crippen LogP contribution >= 0.6 is 11.6 Å². The Balaban J connectivity index is 1.86. The van der Waals surface area contributed by atoms with Gasteiger partial charge in [0.15, 0.2) is 0 Å². The molecule has 0 aliphatic carbocycles. The van der Waals surface area contributed by atoms with E-state index in [0.29, 0.717) is 40.9 Å². The van der Waals surface area contributed by atoms with E-state index < -0.39 is 0 Å². The minimum atomic E-state index is -0.318. The zero-order valence-corrected chi connectivity index (χ0v) is 14.8. The lowest BCUT2D eigenvalue weighted by Crippen LogP contribution is -2.16. The fraction of sp³-hybridized carbons (Fsp3) is 0.167. The minimum absolute atomic E-state index is 0.318. The van der Waals surface area contributed by atoms with E-state index in [9.17, 15) is 4.79 Å². The van der Waals surface area contributed by atoms with E-state index in [1.54, 1.807) is 60.6 Å². The van der Waals surface area contributed by atoms with Crippen LogP contribution in [-0.2, 0) is 4.74 Å². The zero-order valence-electron chi connectivity index (χ0n) is 14.1. The Kier molecular flexibility index (Phi) is 5.83. The number of anilines is 1. The Morgan fingerprint density at radius 2 is 2.08 bits per heavy atom. The number of hydrogen-bond donors (Lipinski definition) is 1. The summed E-state index contributed by atoms with van der Waals surface area (Å²) in [4.78, 5) is 16.7. The van der Waals surface area contributed by atoms with Crippen LogP contribution in [0.2, 0.25) is 5.02 Å². The van der Waals surface area contributed by atoms with Crippen molar-refractivity contribution < 1.29 is 14.3 Å². The van der Waals surface area contributed by atoms with Gasteiger partial charge in [0, 0.05) is 12.1 Å². The number of para-hydroxylation sites is 1. The molecule has 0 saturated carbocycles. The predicted molar refractivity (Wildman–Crippen MR) is 98.1 cm³/mol. The molecule has 0 saturated heterocycles. The van der Waals surface area contributed by atoms with Gasteiger partial charge in [0.2, 0.25) is 0 Å². The number of amides is 1. The predicted octanol–water partition coefficient (Wildman–Crippen LogP) is 3.20. The maximum Gasteiger partial charge on any atom is 0.259 e. The summed E-state index contributed by atoms with van der Waals surface area (Å²) in [5.41, 5.74) is 1.57. The number of carbonyl (C=O) groups excluding carboxylic acids is 1. The fourth-order valence-corrected chi connectivity index (χ4v) is 2.52. The molecule has 0 atom stereocenters. The number of hydrogen-bond acceptors (Lipinski definition) is 5. The number of aromatic nitrogens is 3. The van der Waals surface area contributed by atoms with Crippen molar-refractivity contribution in [3.8, 4) is 11.4 Å². The molecule has 0 radical (unpaired) electrons. The van der Waals surface area contributed by atoms with Crippen molar-refractivity contribution in [3.63, 3.8) is 0 Å². The van der Waals surface area contributed by atoms with Crippen LogP contribution in [0.3, 0.4) is 0 Å². The van der Waals surface area contributed by atoms with E-state index in [4.69, 9.17) is 21.1 Å². The molecule has 1 heterocycles. The molecule has 8 heteroatoms. The summed E-state index contributed by atoms with van der Waals surface area (Å²) in [6.45, 7) is 0.781. The number of halogens is 1. The normalized spacial score (nSPS) is 10.5. The monoisotopic (exact) mass is 372 g/mol. The van der Waals surface area contributed by atoms with Gasteiger partial charge >= 0.3 is 0 Å². The fourth-order valence-electron chi connectivity index (χ4n) is 2.35. The third-order valence-electron chi connectivity index (χ3n) is 3.55. The molecular formula is C18H17ClN4O3. The lowest BCUT2D eigenvalue weighted by atomic mass is 10.1. The molecule has 3 rings (SSSR count). The highest BCUT2D eigenvalue weighted by Gasteiger charge is 2.15. The number of benzene rings is 2. The van der Waals surface area contributed by atoms with Crippen LogP contribution in [0, 0.1) is 0 Å². The van der Waals surface area contributed by atoms with Crippen LogP contribution in [0.1, 0.15) is 10.4 Å². The van der Waals surface area contributed by atoms with Crippen LogP contribution in [0.4, 0.5) is 5.69 Å². The molecule has 1 aromatic heterocycles. The van der Waals surface area contributed by atoms with Gasteiger partial charge in [0.05, 0.1) is 23.5 Å². The smallest absolute Gasteiger partial charge is 0.259 e. The number of nitrogens with one attached hydrogen (secondary N) is 1. The van der Waals surface area contributed by atoms with Crippen molar-refractivity contribution in [2.45, 2.75) is 0 Å². The van der Waals surface area contributed by atoms with E-state index in [0.717, 1.165) is 0 Å². The van der Waals surface area contributed by atoms with Gasteiger partial charge in [0.1, 0.15) is 25.0 Å². The van der Waals surface area contributed by atoms with Gasteiger partial charge in [-0.25, -0.2) is 9.67 Å². The van der Waals surface area contributed by atoms with Crippen molar-refractivity contribution in [2.24, 2.45) is 0 Å². The molecule has 0 aliphatic rings. The highest BCUT2D eigenvalue weighted by molar-refractivity contribution is 6.31. The second-order valence-corrected chi connectivity index (χ2v) is 5.73. The molecule has 0 aliphatic heterocycles. The van der Waals surface area contributed by atoms with E-state index in [1.807, 2.05) is 0 Å². The van der Waals surface area contributed by atoms with Gasteiger partial charge in [0.25, 0.3) is 5.91 Å². The van der Waals surface area contributed by atoms with Crippen molar-refractivity contribution in [1.82, 2.24) is 14.8 Å². The first kappa shape index (κ1) is 17.9. The molecule has 1 N–H and O–H groups in total. The standard InChI is InChI=1S/C18H17ClN4O3/c1-25-8-9-26-17-5-3-2-4-14(17)18(24)22-15-10-13(19)6-7-16(15)23-12-20-11-21-23/h2-7,10-12H,8-9H2,1H3,(H,22,24). The lowest BCUT2D eigenvalue weighted by Gasteiger charge is -2.14. The average Bonchev–Trinajstić information content (AvgIpc) is 3.17.